The number of halogens is 1. The predicted octanol–water partition coefficient (Wildman–Crippen LogP) is 0.839. The summed E-state index contributed by atoms with van der Waals surface area (Å²) in [6.07, 6.45) is 2.36. The normalized spacial score (nSPS) is 8.20. The summed E-state index contributed by atoms with van der Waals surface area (Å²) < 4.78 is 7.34. The van der Waals surface area contributed by atoms with Crippen LogP contribution in [0.1, 0.15) is 6.42 Å². The topological polar surface area (TPSA) is 38.3 Å². The van der Waals surface area contributed by atoms with Crippen molar-refractivity contribution in [2.24, 2.45) is 0 Å². The number of rotatable bonds is 4. The second-order valence-electron chi connectivity index (χ2n) is 1.42. The van der Waals surface area contributed by atoms with E-state index in [2.05, 4.69) is 9.46 Å². The molecule has 5 heteroatoms. The van der Waals surface area contributed by atoms with Crippen LogP contribution in [0.5, 0.6) is 0 Å². The van der Waals surface area contributed by atoms with E-state index in [1.807, 2.05) is 6.26 Å². The zero-order valence-electron chi connectivity index (χ0n) is 6.05. The molecule has 0 heterocycles. The van der Waals surface area contributed by atoms with Crippen molar-refractivity contribution in [3.8, 4) is 0 Å². The molecular weight excluding hydrogens is 174 g/mol. The Morgan fingerprint density at radius 3 is 2.70 bits per heavy atom. The number of esters is 1. The van der Waals surface area contributed by atoms with Crippen molar-refractivity contribution in [1.29, 1.82) is 0 Å². The van der Waals surface area contributed by atoms with Gasteiger partial charge in [0.1, 0.15) is 0 Å². The molecule has 0 radical (unpaired) electrons. The minimum atomic E-state index is -0.170. The first-order valence-corrected chi connectivity index (χ1v) is 3.86. The number of carbonyl (C=O) groups is 1. The van der Waals surface area contributed by atoms with Crippen LogP contribution in [-0.2, 0) is 9.53 Å². The molecule has 0 saturated heterocycles. The van der Waals surface area contributed by atoms with Gasteiger partial charge in [-0.2, -0.15) is 0 Å². The highest BCUT2D eigenvalue weighted by Gasteiger charge is 1.96. The standard InChI is InChI=1S/C5H11NO2S.ClH/c1-8-5(7)3-4-6-9-2;/h6H,3-4H2,1-2H3;1H. The molecule has 1 N–H and O–H groups in total. The SMILES string of the molecule is COC(=O)CCNSC.Cl. The van der Waals surface area contributed by atoms with E-state index >= 15 is 0 Å². The van der Waals surface area contributed by atoms with Crippen LogP contribution in [-0.4, -0.2) is 25.9 Å². The highest BCUT2D eigenvalue weighted by atomic mass is 35.5. The van der Waals surface area contributed by atoms with Crippen molar-refractivity contribution >= 4 is 30.3 Å². The Labute approximate surface area is 71.4 Å². The van der Waals surface area contributed by atoms with Crippen molar-refractivity contribution in [2.45, 2.75) is 6.42 Å². The number of ether oxygens (including phenoxy) is 1. The van der Waals surface area contributed by atoms with Gasteiger partial charge in [-0.05, 0) is 6.26 Å². The molecule has 3 nitrogen and oxygen atoms in total. The Bertz CT molecular complexity index is 91.7. The smallest absolute Gasteiger partial charge is 0.306 e. The lowest BCUT2D eigenvalue weighted by Gasteiger charge is -1.97. The molecule has 0 amide bonds. The Morgan fingerprint density at radius 2 is 2.30 bits per heavy atom. The first-order chi connectivity index (χ1) is 4.31. The van der Waals surface area contributed by atoms with Crippen LogP contribution >= 0.6 is 24.4 Å². The molecule has 0 aromatic heterocycles. The molecule has 0 rings (SSSR count). The second-order valence-corrected chi connectivity index (χ2v) is 2.12. The zero-order chi connectivity index (χ0) is 7.11. The van der Waals surface area contributed by atoms with E-state index in [4.69, 9.17) is 0 Å². The summed E-state index contributed by atoms with van der Waals surface area (Å²) in [5, 5.41) is 0. The summed E-state index contributed by atoms with van der Waals surface area (Å²) >= 11 is 1.50. The van der Waals surface area contributed by atoms with E-state index in [9.17, 15) is 4.79 Å². The fourth-order valence-corrected chi connectivity index (χ4v) is 0.663. The Balaban J connectivity index is 0. The van der Waals surface area contributed by atoms with Crippen molar-refractivity contribution in [1.82, 2.24) is 4.72 Å². The zero-order valence-corrected chi connectivity index (χ0v) is 7.68. The van der Waals surface area contributed by atoms with E-state index in [-0.39, 0.29) is 18.4 Å². The molecule has 0 saturated carbocycles. The van der Waals surface area contributed by atoms with Gasteiger partial charge in [-0.1, -0.05) is 11.9 Å². The van der Waals surface area contributed by atoms with Crippen LogP contribution in [0.3, 0.4) is 0 Å². The number of hydrogen-bond acceptors (Lipinski definition) is 4. The maximum atomic E-state index is 10.4. The molecule has 0 bridgehead atoms. The quantitative estimate of drug-likeness (QED) is 0.400. The third-order valence-electron chi connectivity index (χ3n) is 0.803. The highest BCUT2D eigenvalue weighted by molar-refractivity contribution is 7.96. The first-order valence-electron chi connectivity index (χ1n) is 2.64. The number of nitrogens with one attached hydrogen (secondary N) is 1. The van der Waals surface area contributed by atoms with Gasteiger partial charge in [-0.15, -0.1) is 12.4 Å². The maximum absolute atomic E-state index is 10.4. The fraction of sp³-hybridized carbons (Fsp3) is 0.800. The van der Waals surface area contributed by atoms with Crippen LogP contribution < -0.4 is 4.72 Å². The van der Waals surface area contributed by atoms with Gasteiger partial charge in [0.15, 0.2) is 0 Å². The van der Waals surface area contributed by atoms with Gasteiger partial charge in [0.05, 0.1) is 13.5 Å². The van der Waals surface area contributed by atoms with Crippen LogP contribution in [0.4, 0.5) is 0 Å². The van der Waals surface area contributed by atoms with Crippen molar-refractivity contribution in [3.05, 3.63) is 0 Å². The number of hydrogen-bond donors (Lipinski definition) is 1. The molecule has 0 aliphatic heterocycles. The lowest BCUT2D eigenvalue weighted by Crippen LogP contribution is -2.11. The summed E-state index contributed by atoms with van der Waals surface area (Å²) in [6, 6.07) is 0. The maximum Gasteiger partial charge on any atom is 0.306 e. The van der Waals surface area contributed by atoms with Crippen LogP contribution in [0, 0.1) is 0 Å². The average molecular weight is 186 g/mol. The monoisotopic (exact) mass is 185 g/mol. The summed E-state index contributed by atoms with van der Waals surface area (Å²) in [5.74, 6) is -0.170. The predicted molar refractivity (Wildman–Crippen MR) is 45.4 cm³/mol. The largest absolute Gasteiger partial charge is 0.469 e. The van der Waals surface area contributed by atoms with Crippen LogP contribution in [0.25, 0.3) is 0 Å². The molecule has 0 aliphatic carbocycles. The molecular formula is C5H12ClNO2S. The molecule has 0 aliphatic rings. The summed E-state index contributed by atoms with van der Waals surface area (Å²) in [5.41, 5.74) is 0. The van der Waals surface area contributed by atoms with E-state index in [0.29, 0.717) is 13.0 Å². The Kier molecular flexibility index (Phi) is 11.5. The molecule has 62 valence electrons. The molecule has 0 atom stereocenters. The third-order valence-corrected chi connectivity index (χ3v) is 1.30. The van der Waals surface area contributed by atoms with Crippen molar-refractivity contribution in [2.75, 3.05) is 19.9 Å². The fourth-order valence-electron chi connectivity index (χ4n) is 0.357. The van der Waals surface area contributed by atoms with E-state index in [1.165, 1.54) is 19.1 Å². The van der Waals surface area contributed by atoms with Gasteiger partial charge in [0, 0.05) is 6.54 Å². The molecule has 0 unspecified atom stereocenters. The van der Waals surface area contributed by atoms with E-state index in [1.54, 1.807) is 0 Å². The minimum absolute atomic E-state index is 0. The van der Waals surface area contributed by atoms with Crippen LogP contribution in [0.2, 0.25) is 0 Å². The summed E-state index contributed by atoms with van der Waals surface area (Å²) in [7, 11) is 1.39. The Morgan fingerprint density at radius 1 is 1.70 bits per heavy atom. The second kappa shape index (κ2) is 9.07. The lowest BCUT2D eigenvalue weighted by atomic mass is 10.4. The number of methoxy groups -OCH3 is 1. The molecule has 0 aromatic rings. The van der Waals surface area contributed by atoms with Gasteiger partial charge >= 0.3 is 5.97 Å². The van der Waals surface area contributed by atoms with Gasteiger partial charge in [-0.3, -0.25) is 9.52 Å². The molecule has 0 fully saturated rings. The van der Waals surface area contributed by atoms with Gasteiger partial charge in [-0.25, -0.2) is 0 Å². The Hall–Kier alpha value is 0.0700. The molecule has 0 aromatic carbocycles. The van der Waals surface area contributed by atoms with Gasteiger partial charge in [0.25, 0.3) is 0 Å². The lowest BCUT2D eigenvalue weighted by molar-refractivity contribution is -0.140. The summed E-state index contributed by atoms with van der Waals surface area (Å²) in [4.78, 5) is 10.4. The average Bonchev–Trinajstić information content (AvgIpc) is 1.89. The number of carbonyl (C=O) groups excluding carboxylic acids is 1. The van der Waals surface area contributed by atoms with Gasteiger partial charge in [0.2, 0.25) is 0 Å². The first kappa shape index (κ1) is 12.7. The molecule has 0 spiro atoms. The van der Waals surface area contributed by atoms with Crippen molar-refractivity contribution < 1.29 is 9.53 Å². The van der Waals surface area contributed by atoms with E-state index < -0.39 is 0 Å². The van der Waals surface area contributed by atoms with Gasteiger partial charge < -0.3 is 4.74 Å². The highest BCUT2D eigenvalue weighted by Crippen LogP contribution is 1.85. The van der Waals surface area contributed by atoms with Crippen LogP contribution in [0.15, 0.2) is 0 Å². The van der Waals surface area contributed by atoms with Crippen molar-refractivity contribution in [3.63, 3.8) is 0 Å². The molecule has 10 heavy (non-hydrogen) atoms. The minimum Gasteiger partial charge on any atom is -0.469 e. The third kappa shape index (κ3) is 8.07. The summed E-state index contributed by atoms with van der Waals surface area (Å²) in [6.45, 7) is 0.674. The van der Waals surface area contributed by atoms with E-state index in [0.717, 1.165) is 0 Å².